The van der Waals surface area contributed by atoms with Crippen LogP contribution in [0.1, 0.15) is 24.4 Å². The average Bonchev–Trinajstić information content (AvgIpc) is 2.84. The molecule has 1 aliphatic rings. The molecule has 2 aromatic heterocycles. The van der Waals surface area contributed by atoms with Gasteiger partial charge >= 0.3 is 5.69 Å². The summed E-state index contributed by atoms with van der Waals surface area (Å²) in [6, 6.07) is 20.6. The standard InChI is InChI=1S/C25H24N4O3/c30-24-23-22(9-5-15-27-23)28(25(31)29(24)19-6-4-14-26-16-19)17-18-10-12-21(13-11-18)32-20-7-2-1-3-8-20/h1-3,5,7-13,15,19,26H,4,6,14,16-17H2. The van der Waals surface area contributed by atoms with Crippen LogP contribution >= 0.6 is 0 Å². The van der Waals surface area contributed by atoms with Gasteiger partial charge in [0.05, 0.1) is 18.1 Å². The van der Waals surface area contributed by atoms with Gasteiger partial charge in [-0.25, -0.2) is 9.78 Å². The minimum absolute atomic E-state index is 0.164. The lowest BCUT2D eigenvalue weighted by Crippen LogP contribution is -2.46. The zero-order valence-electron chi connectivity index (χ0n) is 17.6. The smallest absolute Gasteiger partial charge is 0.332 e. The van der Waals surface area contributed by atoms with E-state index in [0.29, 0.717) is 24.1 Å². The van der Waals surface area contributed by atoms with Crippen molar-refractivity contribution in [3.8, 4) is 11.5 Å². The Kier molecular flexibility index (Phi) is 5.56. The van der Waals surface area contributed by atoms with E-state index in [2.05, 4.69) is 10.3 Å². The summed E-state index contributed by atoms with van der Waals surface area (Å²) in [7, 11) is 0. The molecule has 3 heterocycles. The van der Waals surface area contributed by atoms with E-state index in [1.54, 1.807) is 22.9 Å². The molecule has 162 valence electrons. The molecule has 0 bridgehead atoms. The van der Waals surface area contributed by atoms with Gasteiger partial charge in [-0.15, -0.1) is 0 Å². The van der Waals surface area contributed by atoms with Crippen molar-refractivity contribution < 1.29 is 4.74 Å². The van der Waals surface area contributed by atoms with Crippen molar-refractivity contribution >= 4 is 11.0 Å². The number of para-hydroxylation sites is 1. The fourth-order valence-electron chi connectivity index (χ4n) is 4.21. The summed E-state index contributed by atoms with van der Waals surface area (Å²) in [5.41, 5.74) is 1.19. The Morgan fingerprint density at radius 3 is 2.50 bits per heavy atom. The van der Waals surface area contributed by atoms with Gasteiger partial charge in [0, 0.05) is 12.7 Å². The van der Waals surface area contributed by atoms with Crippen molar-refractivity contribution in [3.05, 3.63) is 99.3 Å². The Labute approximate surface area is 184 Å². The molecule has 0 saturated carbocycles. The van der Waals surface area contributed by atoms with Gasteiger partial charge in [0.25, 0.3) is 5.56 Å². The largest absolute Gasteiger partial charge is 0.457 e. The van der Waals surface area contributed by atoms with Crippen LogP contribution in [0.5, 0.6) is 11.5 Å². The van der Waals surface area contributed by atoms with Gasteiger partial charge in [0.15, 0.2) is 5.52 Å². The molecule has 1 fully saturated rings. The molecule has 7 heteroatoms. The van der Waals surface area contributed by atoms with Crippen molar-refractivity contribution in [2.45, 2.75) is 25.4 Å². The fraction of sp³-hybridized carbons (Fsp3) is 0.240. The van der Waals surface area contributed by atoms with Gasteiger partial charge in [-0.3, -0.25) is 13.9 Å². The molecule has 1 aliphatic heterocycles. The maximum atomic E-state index is 13.5. The topological polar surface area (TPSA) is 78.2 Å². The molecular formula is C25H24N4O3. The van der Waals surface area contributed by atoms with Crippen LogP contribution in [0, 0.1) is 0 Å². The van der Waals surface area contributed by atoms with Crippen LogP contribution in [0.15, 0.2) is 82.5 Å². The number of pyridine rings is 1. The minimum Gasteiger partial charge on any atom is -0.457 e. The molecule has 5 rings (SSSR count). The van der Waals surface area contributed by atoms with Gasteiger partial charge in [-0.2, -0.15) is 0 Å². The molecule has 4 aromatic rings. The van der Waals surface area contributed by atoms with Crippen molar-refractivity contribution in [1.82, 2.24) is 19.4 Å². The summed E-state index contributed by atoms with van der Waals surface area (Å²) in [6.07, 6.45) is 3.32. The van der Waals surface area contributed by atoms with Gasteiger partial charge in [0.1, 0.15) is 11.5 Å². The monoisotopic (exact) mass is 428 g/mol. The molecule has 1 unspecified atom stereocenters. The van der Waals surface area contributed by atoms with E-state index in [0.717, 1.165) is 36.4 Å². The molecule has 1 atom stereocenters. The first-order valence-electron chi connectivity index (χ1n) is 10.8. The van der Waals surface area contributed by atoms with Crippen LogP contribution in [0.25, 0.3) is 11.0 Å². The van der Waals surface area contributed by atoms with Gasteiger partial charge in [-0.05, 0) is 61.3 Å². The van der Waals surface area contributed by atoms with Crippen molar-refractivity contribution in [1.29, 1.82) is 0 Å². The van der Waals surface area contributed by atoms with Gasteiger partial charge in [0.2, 0.25) is 0 Å². The summed E-state index contributed by atoms with van der Waals surface area (Å²) < 4.78 is 8.89. The van der Waals surface area contributed by atoms with E-state index >= 15 is 0 Å². The lowest BCUT2D eigenvalue weighted by atomic mass is 10.1. The molecule has 1 saturated heterocycles. The summed E-state index contributed by atoms with van der Waals surface area (Å²) in [5.74, 6) is 1.48. The number of aromatic nitrogens is 3. The minimum atomic E-state index is -0.317. The summed E-state index contributed by atoms with van der Waals surface area (Å²) >= 11 is 0. The van der Waals surface area contributed by atoms with Crippen LogP contribution < -0.4 is 21.3 Å². The Hall–Kier alpha value is -3.71. The van der Waals surface area contributed by atoms with Gasteiger partial charge < -0.3 is 10.1 Å². The first-order valence-corrected chi connectivity index (χ1v) is 10.8. The van der Waals surface area contributed by atoms with Crippen molar-refractivity contribution in [3.63, 3.8) is 0 Å². The highest BCUT2D eigenvalue weighted by atomic mass is 16.5. The number of ether oxygens (including phenoxy) is 1. The highest BCUT2D eigenvalue weighted by molar-refractivity contribution is 5.73. The molecule has 32 heavy (non-hydrogen) atoms. The molecule has 0 radical (unpaired) electrons. The van der Waals surface area contributed by atoms with E-state index in [4.69, 9.17) is 4.74 Å². The second-order valence-corrected chi connectivity index (χ2v) is 7.97. The third-order valence-electron chi connectivity index (χ3n) is 5.81. The fourth-order valence-corrected chi connectivity index (χ4v) is 4.21. The molecular weight excluding hydrogens is 404 g/mol. The number of hydrogen-bond donors (Lipinski definition) is 1. The second-order valence-electron chi connectivity index (χ2n) is 7.97. The number of rotatable bonds is 5. The number of hydrogen-bond acceptors (Lipinski definition) is 5. The highest BCUT2D eigenvalue weighted by Gasteiger charge is 2.22. The summed E-state index contributed by atoms with van der Waals surface area (Å²) in [5, 5.41) is 3.29. The molecule has 0 spiro atoms. The number of nitrogens with zero attached hydrogens (tertiary/aromatic N) is 3. The van der Waals surface area contributed by atoms with E-state index in [9.17, 15) is 9.59 Å². The molecule has 0 aliphatic carbocycles. The van der Waals surface area contributed by atoms with E-state index in [1.807, 2.05) is 54.6 Å². The molecule has 0 amide bonds. The first kappa shape index (κ1) is 20.2. The summed E-state index contributed by atoms with van der Waals surface area (Å²) in [6.45, 7) is 1.86. The average molecular weight is 428 g/mol. The molecule has 1 N–H and O–H groups in total. The first-order chi connectivity index (χ1) is 15.7. The van der Waals surface area contributed by atoms with Gasteiger partial charge in [-0.1, -0.05) is 30.3 Å². The predicted octanol–water partition coefficient (Wildman–Crippen LogP) is 3.32. The number of benzene rings is 2. The number of fused-ring (bicyclic) bond motifs is 1. The van der Waals surface area contributed by atoms with Crippen LogP contribution in [-0.2, 0) is 6.54 Å². The Morgan fingerprint density at radius 1 is 0.969 bits per heavy atom. The van der Waals surface area contributed by atoms with Crippen molar-refractivity contribution in [2.24, 2.45) is 0 Å². The lowest BCUT2D eigenvalue weighted by Gasteiger charge is -2.25. The van der Waals surface area contributed by atoms with Crippen LogP contribution in [0.3, 0.4) is 0 Å². The Morgan fingerprint density at radius 2 is 1.75 bits per heavy atom. The van der Waals surface area contributed by atoms with Crippen molar-refractivity contribution in [2.75, 3.05) is 13.1 Å². The number of piperidine rings is 1. The zero-order valence-corrected chi connectivity index (χ0v) is 17.6. The predicted molar refractivity (Wildman–Crippen MR) is 123 cm³/mol. The lowest BCUT2D eigenvalue weighted by molar-refractivity contribution is 0.349. The maximum Gasteiger partial charge on any atom is 0.332 e. The quantitative estimate of drug-likeness (QED) is 0.528. The van der Waals surface area contributed by atoms with E-state index < -0.39 is 0 Å². The Bertz CT molecular complexity index is 1340. The number of nitrogens with one attached hydrogen (secondary N) is 1. The van der Waals surface area contributed by atoms with Crippen LogP contribution in [-0.4, -0.2) is 27.2 Å². The van der Waals surface area contributed by atoms with E-state index in [1.165, 1.54) is 4.57 Å². The Balaban J connectivity index is 1.51. The summed E-state index contributed by atoms with van der Waals surface area (Å²) in [4.78, 5) is 30.9. The van der Waals surface area contributed by atoms with Crippen LogP contribution in [0.2, 0.25) is 0 Å². The highest BCUT2D eigenvalue weighted by Crippen LogP contribution is 2.22. The molecule has 2 aromatic carbocycles. The van der Waals surface area contributed by atoms with E-state index in [-0.39, 0.29) is 17.3 Å². The zero-order chi connectivity index (χ0) is 21.9. The second kappa shape index (κ2) is 8.80. The molecule has 7 nitrogen and oxygen atoms in total. The SMILES string of the molecule is O=c1c2ncccc2n(Cc2ccc(Oc3ccccc3)cc2)c(=O)n1C1CCCNC1. The third kappa shape index (κ3) is 3.94. The third-order valence-corrected chi connectivity index (χ3v) is 5.81. The normalized spacial score (nSPS) is 16.2. The van der Waals surface area contributed by atoms with Crippen LogP contribution in [0.4, 0.5) is 0 Å². The maximum absolute atomic E-state index is 13.5.